The van der Waals surface area contributed by atoms with E-state index in [1.165, 1.54) is 6.07 Å². The van der Waals surface area contributed by atoms with E-state index >= 15 is 0 Å². The van der Waals surface area contributed by atoms with Crippen LogP contribution in [0.4, 0.5) is 10.3 Å². The predicted octanol–water partition coefficient (Wildman–Crippen LogP) is 2.72. The van der Waals surface area contributed by atoms with Crippen molar-refractivity contribution < 1.29 is 33.7 Å². The zero-order chi connectivity index (χ0) is 21.7. The van der Waals surface area contributed by atoms with Crippen LogP contribution in [0.2, 0.25) is 0 Å². The molecule has 10 heteroatoms. The van der Waals surface area contributed by atoms with E-state index < -0.39 is 11.9 Å². The Labute approximate surface area is 170 Å². The lowest BCUT2D eigenvalue weighted by Crippen LogP contribution is -2.09. The zero-order valence-electron chi connectivity index (χ0n) is 15.8. The Bertz CT molecular complexity index is 1070. The zero-order valence-corrected chi connectivity index (χ0v) is 15.8. The number of hydrogen-bond acceptors (Lipinski definition) is 6. The Morgan fingerprint density at radius 3 is 2.53 bits per heavy atom. The highest BCUT2D eigenvalue weighted by molar-refractivity contribution is 6.27. The fourth-order valence-corrected chi connectivity index (χ4v) is 2.71. The van der Waals surface area contributed by atoms with Crippen molar-refractivity contribution in [1.82, 2.24) is 9.55 Å². The number of ether oxygens (including phenoxy) is 2. The largest absolute Gasteiger partial charge is 0.473 e. The predicted molar refractivity (Wildman–Crippen MR) is 104 cm³/mol. The van der Waals surface area contributed by atoms with Gasteiger partial charge in [0, 0.05) is 24.7 Å². The second-order valence-corrected chi connectivity index (χ2v) is 6.15. The molecule has 0 spiro atoms. The van der Waals surface area contributed by atoms with Crippen LogP contribution in [0.15, 0.2) is 48.7 Å². The second-order valence-electron chi connectivity index (χ2n) is 6.15. The van der Waals surface area contributed by atoms with Gasteiger partial charge in [-0.15, -0.1) is 0 Å². The number of rotatable bonds is 4. The Balaban J connectivity index is 0.000000377. The molecule has 0 unspecified atom stereocenters. The van der Waals surface area contributed by atoms with Crippen LogP contribution in [0, 0.1) is 5.82 Å². The molecule has 4 rings (SSSR count). The summed E-state index contributed by atoms with van der Waals surface area (Å²) in [6.45, 7) is 0.623. The lowest BCUT2D eigenvalue weighted by atomic mass is 10.1. The van der Waals surface area contributed by atoms with Crippen LogP contribution in [0.25, 0.3) is 11.3 Å². The smallest absolute Gasteiger partial charge is 0.414 e. The summed E-state index contributed by atoms with van der Waals surface area (Å²) >= 11 is 0. The van der Waals surface area contributed by atoms with Crippen LogP contribution >= 0.6 is 0 Å². The molecule has 0 atom stereocenters. The van der Waals surface area contributed by atoms with Crippen LogP contribution in [-0.4, -0.2) is 38.5 Å². The van der Waals surface area contributed by atoms with Gasteiger partial charge in [-0.2, -0.15) is 0 Å². The number of imidazole rings is 1. The molecule has 0 saturated heterocycles. The summed E-state index contributed by atoms with van der Waals surface area (Å²) in [6.07, 6.45) is 1.78. The molecule has 1 aromatic heterocycles. The molecule has 30 heavy (non-hydrogen) atoms. The average Bonchev–Trinajstić information content (AvgIpc) is 3.33. The Kier molecular flexibility index (Phi) is 6.16. The van der Waals surface area contributed by atoms with Crippen LogP contribution in [-0.2, 0) is 23.2 Å². The van der Waals surface area contributed by atoms with Gasteiger partial charge in [0.15, 0.2) is 11.5 Å². The van der Waals surface area contributed by atoms with Gasteiger partial charge in [-0.3, -0.25) is 0 Å². The molecular weight excluding hydrogens is 397 g/mol. The molecule has 2 heterocycles. The highest BCUT2D eigenvalue weighted by atomic mass is 19.1. The van der Waals surface area contributed by atoms with Gasteiger partial charge < -0.3 is 29.6 Å². The van der Waals surface area contributed by atoms with Gasteiger partial charge in [-0.25, -0.2) is 19.0 Å². The summed E-state index contributed by atoms with van der Waals surface area (Å²) in [4.78, 5) is 22.6. The summed E-state index contributed by atoms with van der Waals surface area (Å²) in [7, 11) is 1.91. The first-order chi connectivity index (χ1) is 14.4. The van der Waals surface area contributed by atoms with Crippen molar-refractivity contribution in [3.63, 3.8) is 0 Å². The molecule has 2 aromatic carbocycles. The quantitative estimate of drug-likeness (QED) is 0.556. The molecule has 3 aromatic rings. The molecule has 0 aliphatic carbocycles. The van der Waals surface area contributed by atoms with Gasteiger partial charge in [0.2, 0.25) is 12.7 Å². The Morgan fingerprint density at radius 2 is 1.83 bits per heavy atom. The van der Waals surface area contributed by atoms with Gasteiger partial charge in [-0.1, -0.05) is 18.2 Å². The maximum absolute atomic E-state index is 13.7. The van der Waals surface area contributed by atoms with E-state index in [1.54, 1.807) is 18.3 Å². The molecule has 3 N–H and O–H groups in total. The van der Waals surface area contributed by atoms with Crippen molar-refractivity contribution in [2.24, 2.45) is 7.05 Å². The van der Waals surface area contributed by atoms with Crippen molar-refractivity contribution >= 4 is 17.9 Å². The third-order valence-corrected chi connectivity index (χ3v) is 4.23. The van der Waals surface area contributed by atoms with E-state index in [0.717, 1.165) is 22.8 Å². The summed E-state index contributed by atoms with van der Waals surface area (Å²) in [5.74, 6) is -1.72. The van der Waals surface area contributed by atoms with Gasteiger partial charge in [0.25, 0.3) is 0 Å². The first-order valence-electron chi connectivity index (χ1n) is 8.72. The number of aliphatic carboxylic acids is 2. The number of benzene rings is 2. The molecule has 0 fully saturated rings. The third-order valence-electron chi connectivity index (χ3n) is 4.23. The minimum Gasteiger partial charge on any atom is -0.473 e. The number of carbonyl (C=O) groups is 2. The summed E-state index contributed by atoms with van der Waals surface area (Å²) in [6, 6.07) is 12.5. The lowest BCUT2D eigenvalue weighted by molar-refractivity contribution is -0.159. The van der Waals surface area contributed by atoms with E-state index in [2.05, 4.69) is 10.3 Å². The summed E-state index contributed by atoms with van der Waals surface area (Å²) in [5.41, 5.74) is 2.52. The summed E-state index contributed by atoms with van der Waals surface area (Å²) < 4.78 is 26.4. The van der Waals surface area contributed by atoms with E-state index in [9.17, 15) is 4.39 Å². The lowest BCUT2D eigenvalue weighted by Gasteiger charge is -2.09. The molecule has 9 nitrogen and oxygen atoms in total. The van der Waals surface area contributed by atoms with Crippen molar-refractivity contribution in [3.8, 4) is 22.8 Å². The highest BCUT2D eigenvalue weighted by Gasteiger charge is 2.16. The SMILES string of the molecule is Cn1c(-c2ccc3c(c2)OCO3)cnc1NCc1ccccc1F.O=C(O)C(=O)O. The average molecular weight is 415 g/mol. The number of carboxylic acid groups (broad SMARTS) is 2. The second kappa shape index (κ2) is 8.95. The van der Waals surface area contributed by atoms with Crippen LogP contribution in [0.3, 0.4) is 0 Å². The monoisotopic (exact) mass is 415 g/mol. The minimum absolute atomic E-state index is 0.227. The van der Waals surface area contributed by atoms with Crippen LogP contribution in [0.5, 0.6) is 11.5 Å². The van der Waals surface area contributed by atoms with Crippen LogP contribution < -0.4 is 14.8 Å². The number of nitrogens with one attached hydrogen (secondary N) is 1. The third kappa shape index (κ3) is 4.66. The molecule has 0 amide bonds. The normalized spacial score (nSPS) is 11.4. The molecule has 0 radical (unpaired) electrons. The van der Waals surface area contributed by atoms with Gasteiger partial charge >= 0.3 is 11.9 Å². The standard InChI is InChI=1S/C18H16FN3O2.C2H2O4/c1-22-15(12-6-7-16-17(8-12)24-11-23-16)10-21-18(22)20-9-13-4-2-3-5-14(13)19;3-1(4)2(5)6/h2-8,10H,9,11H2,1H3,(H,20,21);(H,3,4)(H,5,6). The number of aromatic nitrogens is 2. The number of halogens is 1. The summed E-state index contributed by atoms with van der Waals surface area (Å²) in [5, 5.41) is 18.0. The molecule has 1 aliphatic heterocycles. The number of carboxylic acids is 2. The van der Waals surface area contributed by atoms with Gasteiger partial charge in [0.1, 0.15) is 5.82 Å². The van der Waals surface area contributed by atoms with Gasteiger partial charge in [0.05, 0.1) is 11.9 Å². The first kappa shape index (κ1) is 20.6. The Hall–Kier alpha value is -4.08. The van der Waals surface area contributed by atoms with E-state index in [1.807, 2.05) is 35.9 Å². The van der Waals surface area contributed by atoms with E-state index in [-0.39, 0.29) is 12.6 Å². The molecule has 0 bridgehead atoms. The molecular formula is C20H18FN3O6. The van der Waals surface area contributed by atoms with Crippen molar-refractivity contribution in [2.45, 2.75) is 6.54 Å². The molecule has 0 saturated carbocycles. The van der Waals surface area contributed by atoms with Crippen molar-refractivity contribution in [1.29, 1.82) is 0 Å². The fourth-order valence-electron chi connectivity index (χ4n) is 2.71. The molecule has 1 aliphatic rings. The van der Waals surface area contributed by atoms with Crippen LogP contribution in [0.1, 0.15) is 5.56 Å². The number of fused-ring (bicyclic) bond motifs is 1. The van der Waals surface area contributed by atoms with Crippen molar-refractivity contribution in [2.75, 3.05) is 12.1 Å². The fraction of sp³-hybridized carbons (Fsp3) is 0.150. The van der Waals surface area contributed by atoms with Gasteiger partial charge in [-0.05, 0) is 24.3 Å². The van der Waals surface area contributed by atoms with E-state index in [4.69, 9.17) is 29.3 Å². The highest BCUT2D eigenvalue weighted by Crippen LogP contribution is 2.36. The van der Waals surface area contributed by atoms with Crippen molar-refractivity contribution in [3.05, 3.63) is 60.0 Å². The minimum atomic E-state index is -1.82. The topological polar surface area (TPSA) is 123 Å². The maximum Gasteiger partial charge on any atom is 0.414 e. The van der Waals surface area contributed by atoms with E-state index in [0.29, 0.717) is 18.1 Å². The molecule has 156 valence electrons. The number of anilines is 1. The number of nitrogens with zero attached hydrogens (tertiary/aromatic N) is 2. The Morgan fingerprint density at radius 1 is 1.13 bits per heavy atom. The maximum atomic E-state index is 13.7. The number of hydrogen-bond donors (Lipinski definition) is 3. The first-order valence-corrected chi connectivity index (χ1v) is 8.72.